The van der Waals surface area contributed by atoms with Crippen LogP contribution in [0.3, 0.4) is 0 Å². The van der Waals surface area contributed by atoms with E-state index in [9.17, 15) is 4.79 Å². The first-order valence-electron chi connectivity index (χ1n) is 7.91. The van der Waals surface area contributed by atoms with Crippen molar-refractivity contribution in [1.82, 2.24) is 4.90 Å². The summed E-state index contributed by atoms with van der Waals surface area (Å²) in [5, 5.41) is 3.41. The van der Waals surface area contributed by atoms with Crippen LogP contribution >= 0.6 is 0 Å². The van der Waals surface area contributed by atoms with Gasteiger partial charge in [0.05, 0.1) is 0 Å². The number of ether oxygens (including phenoxy) is 1. The van der Waals surface area contributed by atoms with E-state index in [1.807, 2.05) is 49.9 Å². The highest BCUT2D eigenvalue weighted by Crippen LogP contribution is 2.20. The van der Waals surface area contributed by atoms with Crippen LogP contribution in [0.2, 0.25) is 0 Å². The lowest BCUT2D eigenvalue weighted by molar-refractivity contribution is 0.0172. The molecule has 2 rings (SSSR count). The lowest BCUT2D eigenvalue weighted by Crippen LogP contribution is -2.44. The van der Waals surface area contributed by atoms with Gasteiger partial charge >= 0.3 is 6.09 Å². The number of nitrogens with one attached hydrogen (secondary N) is 1. The second-order valence-corrected chi connectivity index (χ2v) is 6.94. The van der Waals surface area contributed by atoms with Gasteiger partial charge in [0.15, 0.2) is 0 Å². The largest absolute Gasteiger partial charge is 0.444 e. The Morgan fingerprint density at radius 3 is 2.68 bits per heavy atom. The number of hydrogen-bond acceptors (Lipinski definition) is 4. The number of nitrogen functional groups attached to an aromatic ring is 1. The summed E-state index contributed by atoms with van der Waals surface area (Å²) >= 11 is 0. The lowest BCUT2D eigenvalue weighted by Gasteiger charge is -2.34. The normalized spacial score (nSPS) is 18.9. The van der Waals surface area contributed by atoms with Gasteiger partial charge in [-0.05, 0) is 63.8 Å². The molecule has 1 unspecified atom stereocenters. The summed E-state index contributed by atoms with van der Waals surface area (Å²) in [4.78, 5) is 14.0. The van der Waals surface area contributed by atoms with Crippen molar-refractivity contribution in [3.63, 3.8) is 0 Å². The minimum Gasteiger partial charge on any atom is -0.444 e. The van der Waals surface area contributed by atoms with Crippen LogP contribution in [0.1, 0.15) is 33.6 Å². The summed E-state index contributed by atoms with van der Waals surface area (Å²) in [6.45, 7) is 8.08. The zero-order valence-electron chi connectivity index (χ0n) is 13.8. The number of anilines is 2. The molecule has 1 aromatic rings. The van der Waals surface area contributed by atoms with Gasteiger partial charge in [-0.25, -0.2) is 4.79 Å². The number of nitrogens with two attached hydrogens (primary N) is 1. The van der Waals surface area contributed by atoms with Gasteiger partial charge in [-0.3, -0.25) is 0 Å². The molecule has 1 fully saturated rings. The second-order valence-electron chi connectivity index (χ2n) is 6.94. The third-order valence-corrected chi connectivity index (χ3v) is 3.68. The van der Waals surface area contributed by atoms with E-state index in [1.165, 1.54) is 0 Å². The Bertz CT molecular complexity index is 494. The molecule has 0 bridgehead atoms. The molecule has 122 valence electrons. The third-order valence-electron chi connectivity index (χ3n) is 3.68. The zero-order valence-corrected chi connectivity index (χ0v) is 13.8. The summed E-state index contributed by atoms with van der Waals surface area (Å²) in [5.74, 6) is 0.443. The van der Waals surface area contributed by atoms with E-state index in [4.69, 9.17) is 10.5 Å². The van der Waals surface area contributed by atoms with Crippen LogP contribution in [0.4, 0.5) is 16.2 Å². The van der Waals surface area contributed by atoms with Crippen LogP contribution in [-0.2, 0) is 4.74 Å². The molecule has 1 saturated heterocycles. The van der Waals surface area contributed by atoms with Crippen molar-refractivity contribution < 1.29 is 9.53 Å². The molecule has 5 heteroatoms. The molecule has 1 aliphatic rings. The molecular weight excluding hydrogens is 278 g/mol. The Hall–Kier alpha value is -1.91. The highest BCUT2D eigenvalue weighted by atomic mass is 16.6. The van der Waals surface area contributed by atoms with Crippen LogP contribution in [-0.4, -0.2) is 36.2 Å². The van der Waals surface area contributed by atoms with Gasteiger partial charge in [-0.1, -0.05) is 0 Å². The molecule has 5 nitrogen and oxygen atoms in total. The topological polar surface area (TPSA) is 67.6 Å². The van der Waals surface area contributed by atoms with Crippen LogP contribution in [0.15, 0.2) is 24.3 Å². The average Bonchev–Trinajstić information content (AvgIpc) is 2.45. The molecule has 1 aliphatic heterocycles. The van der Waals surface area contributed by atoms with Gasteiger partial charge in [0, 0.05) is 31.0 Å². The summed E-state index contributed by atoms with van der Waals surface area (Å²) in [5.41, 5.74) is 7.07. The predicted molar refractivity (Wildman–Crippen MR) is 89.9 cm³/mol. The Morgan fingerprint density at radius 1 is 1.36 bits per heavy atom. The summed E-state index contributed by atoms with van der Waals surface area (Å²) < 4.78 is 5.45. The molecule has 1 atom stereocenters. The van der Waals surface area contributed by atoms with Crippen LogP contribution in [0.5, 0.6) is 0 Å². The second kappa shape index (κ2) is 6.90. The maximum atomic E-state index is 12.1. The number of benzene rings is 1. The van der Waals surface area contributed by atoms with Crippen molar-refractivity contribution in [3.05, 3.63) is 24.3 Å². The van der Waals surface area contributed by atoms with E-state index in [0.717, 1.165) is 43.9 Å². The molecule has 22 heavy (non-hydrogen) atoms. The number of rotatable bonds is 3. The van der Waals surface area contributed by atoms with Crippen LogP contribution in [0, 0.1) is 5.92 Å². The van der Waals surface area contributed by atoms with Crippen molar-refractivity contribution in [2.75, 3.05) is 30.7 Å². The Labute approximate surface area is 132 Å². The first kappa shape index (κ1) is 16.5. The van der Waals surface area contributed by atoms with Gasteiger partial charge in [0.2, 0.25) is 0 Å². The Balaban J connectivity index is 1.82. The average molecular weight is 305 g/mol. The smallest absolute Gasteiger partial charge is 0.410 e. The number of nitrogens with zero attached hydrogens (tertiary/aromatic N) is 1. The molecule has 0 radical (unpaired) electrons. The summed E-state index contributed by atoms with van der Waals surface area (Å²) in [7, 11) is 0. The fraction of sp³-hybridized carbons (Fsp3) is 0.588. The van der Waals surface area contributed by atoms with Crippen molar-refractivity contribution in [3.8, 4) is 0 Å². The molecule has 0 spiro atoms. The fourth-order valence-corrected chi connectivity index (χ4v) is 2.59. The van der Waals surface area contributed by atoms with Gasteiger partial charge in [0.25, 0.3) is 0 Å². The third kappa shape index (κ3) is 5.13. The van der Waals surface area contributed by atoms with E-state index in [0.29, 0.717) is 5.92 Å². The minimum atomic E-state index is -0.438. The van der Waals surface area contributed by atoms with Gasteiger partial charge in [0.1, 0.15) is 5.60 Å². The molecular formula is C17H27N3O2. The predicted octanol–water partition coefficient (Wildman–Crippen LogP) is 3.33. The molecule has 0 aliphatic carbocycles. The Kier molecular flexibility index (Phi) is 5.16. The molecule has 0 aromatic heterocycles. The van der Waals surface area contributed by atoms with E-state index in [1.54, 1.807) is 0 Å². The first-order chi connectivity index (χ1) is 10.3. The van der Waals surface area contributed by atoms with Gasteiger partial charge < -0.3 is 20.7 Å². The lowest BCUT2D eigenvalue weighted by atomic mass is 9.98. The van der Waals surface area contributed by atoms with E-state index in [2.05, 4.69) is 5.32 Å². The number of carbonyl (C=O) groups is 1. The SMILES string of the molecule is CC(C)(C)OC(=O)N1CCCC(CNc2ccc(N)cc2)C1. The molecule has 1 amide bonds. The standard InChI is InChI=1S/C17H27N3O2/c1-17(2,3)22-16(21)20-10-4-5-13(12-20)11-19-15-8-6-14(18)7-9-15/h6-9,13,19H,4-5,10-12,18H2,1-3H3. The maximum absolute atomic E-state index is 12.1. The quantitative estimate of drug-likeness (QED) is 0.841. The van der Waals surface area contributed by atoms with E-state index < -0.39 is 5.60 Å². The Morgan fingerprint density at radius 2 is 2.05 bits per heavy atom. The maximum Gasteiger partial charge on any atom is 0.410 e. The minimum absolute atomic E-state index is 0.204. The number of carbonyl (C=O) groups excluding carboxylic acids is 1. The zero-order chi connectivity index (χ0) is 16.2. The fourth-order valence-electron chi connectivity index (χ4n) is 2.59. The highest BCUT2D eigenvalue weighted by Gasteiger charge is 2.27. The summed E-state index contributed by atoms with van der Waals surface area (Å²) in [6, 6.07) is 7.72. The molecule has 1 heterocycles. The van der Waals surface area contributed by atoms with Crippen molar-refractivity contribution in [1.29, 1.82) is 0 Å². The van der Waals surface area contributed by atoms with Crippen molar-refractivity contribution in [2.24, 2.45) is 5.92 Å². The number of amides is 1. The molecule has 3 N–H and O–H groups in total. The van der Waals surface area contributed by atoms with Gasteiger partial charge in [-0.15, -0.1) is 0 Å². The number of piperidine rings is 1. The number of hydrogen-bond donors (Lipinski definition) is 2. The van der Waals surface area contributed by atoms with Crippen LogP contribution in [0.25, 0.3) is 0 Å². The van der Waals surface area contributed by atoms with E-state index in [-0.39, 0.29) is 6.09 Å². The van der Waals surface area contributed by atoms with Crippen LogP contribution < -0.4 is 11.1 Å². The van der Waals surface area contributed by atoms with Gasteiger partial charge in [-0.2, -0.15) is 0 Å². The molecule has 0 saturated carbocycles. The van der Waals surface area contributed by atoms with E-state index >= 15 is 0 Å². The monoisotopic (exact) mass is 305 g/mol. The number of likely N-dealkylation sites (tertiary alicyclic amines) is 1. The molecule has 1 aromatic carbocycles. The first-order valence-corrected chi connectivity index (χ1v) is 7.91. The van der Waals surface area contributed by atoms with Crippen molar-refractivity contribution >= 4 is 17.5 Å². The highest BCUT2D eigenvalue weighted by molar-refractivity contribution is 5.68. The van der Waals surface area contributed by atoms with Crippen molar-refractivity contribution in [2.45, 2.75) is 39.2 Å². The summed E-state index contributed by atoms with van der Waals surface area (Å²) in [6.07, 6.45) is 1.94.